The van der Waals surface area contributed by atoms with Crippen molar-refractivity contribution >= 4 is 11.6 Å². The van der Waals surface area contributed by atoms with Crippen molar-refractivity contribution in [2.75, 3.05) is 25.5 Å². The van der Waals surface area contributed by atoms with Gasteiger partial charge >= 0.3 is 0 Å². The fraction of sp³-hybridized carbons (Fsp3) is 0.235. The Kier molecular flexibility index (Phi) is 6.05. The van der Waals surface area contributed by atoms with Gasteiger partial charge in [0, 0.05) is 6.07 Å². The standard InChI is InChI=1S/C17H18F2N2O2/c1-23-14-5-2-12(3-6-14)8-9-20-11-17(22)21-16-7-4-13(18)10-15(16)19/h2-7,10,20H,8-9,11H2,1H3,(H,21,22). The molecule has 4 nitrogen and oxygen atoms in total. The second-order valence-electron chi connectivity index (χ2n) is 4.95. The van der Waals surface area contributed by atoms with E-state index in [4.69, 9.17) is 4.74 Å². The smallest absolute Gasteiger partial charge is 0.238 e. The number of hydrogen-bond acceptors (Lipinski definition) is 3. The van der Waals surface area contributed by atoms with Crippen molar-refractivity contribution in [1.82, 2.24) is 5.32 Å². The third-order valence-electron chi connectivity index (χ3n) is 3.24. The van der Waals surface area contributed by atoms with Gasteiger partial charge in [0.2, 0.25) is 5.91 Å². The van der Waals surface area contributed by atoms with E-state index in [2.05, 4.69) is 10.6 Å². The minimum absolute atomic E-state index is 0.0339. The summed E-state index contributed by atoms with van der Waals surface area (Å²) in [5.41, 5.74) is 1.08. The van der Waals surface area contributed by atoms with Crippen molar-refractivity contribution in [3.63, 3.8) is 0 Å². The topological polar surface area (TPSA) is 50.4 Å². The predicted molar refractivity (Wildman–Crippen MR) is 84.6 cm³/mol. The van der Waals surface area contributed by atoms with Gasteiger partial charge in [0.05, 0.1) is 19.3 Å². The van der Waals surface area contributed by atoms with E-state index in [-0.39, 0.29) is 18.1 Å². The van der Waals surface area contributed by atoms with Crippen LogP contribution in [0.3, 0.4) is 0 Å². The summed E-state index contributed by atoms with van der Waals surface area (Å²) in [5, 5.41) is 5.37. The van der Waals surface area contributed by atoms with Crippen LogP contribution >= 0.6 is 0 Å². The van der Waals surface area contributed by atoms with Crippen molar-refractivity contribution in [1.29, 1.82) is 0 Å². The first-order valence-corrected chi connectivity index (χ1v) is 7.17. The van der Waals surface area contributed by atoms with E-state index in [1.54, 1.807) is 7.11 Å². The third-order valence-corrected chi connectivity index (χ3v) is 3.24. The first-order valence-electron chi connectivity index (χ1n) is 7.17. The van der Waals surface area contributed by atoms with Crippen molar-refractivity contribution in [2.24, 2.45) is 0 Å². The number of ether oxygens (including phenoxy) is 1. The van der Waals surface area contributed by atoms with Crippen molar-refractivity contribution in [3.8, 4) is 5.75 Å². The number of methoxy groups -OCH3 is 1. The summed E-state index contributed by atoms with van der Waals surface area (Å²) in [4.78, 5) is 11.7. The summed E-state index contributed by atoms with van der Waals surface area (Å²) in [6.45, 7) is 0.651. The lowest BCUT2D eigenvalue weighted by molar-refractivity contribution is -0.115. The second kappa shape index (κ2) is 8.24. The molecule has 0 radical (unpaired) electrons. The second-order valence-corrected chi connectivity index (χ2v) is 4.95. The van der Waals surface area contributed by atoms with Gasteiger partial charge in [-0.2, -0.15) is 0 Å². The van der Waals surface area contributed by atoms with E-state index in [1.165, 1.54) is 6.07 Å². The molecule has 0 aliphatic heterocycles. The number of hydrogen-bond donors (Lipinski definition) is 2. The van der Waals surface area contributed by atoms with E-state index < -0.39 is 11.6 Å². The lowest BCUT2D eigenvalue weighted by Crippen LogP contribution is -2.29. The Labute approximate surface area is 133 Å². The molecule has 23 heavy (non-hydrogen) atoms. The molecule has 6 heteroatoms. The van der Waals surface area contributed by atoms with Gasteiger partial charge in [-0.1, -0.05) is 12.1 Å². The number of nitrogens with one attached hydrogen (secondary N) is 2. The van der Waals surface area contributed by atoms with Crippen LogP contribution in [0.2, 0.25) is 0 Å². The molecule has 0 fully saturated rings. The van der Waals surface area contributed by atoms with Crippen LogP contribution in [0.4, 0.5) is 14.5 Å². The summed E-state index contributed by atoms with van der Waals surface area (Å²) in [7, 11) is 1.61. The minimum atomic E-state index is -0.795. The molecule has 0 aliphatic carbocycles. The van der Waals surface area contributed by atoms with Crippen molar-refractivity contribution < 1.29 is 18.3 Å². The molecule has 0 atom stereocenters. The van der Waals surface area contributed by atoms with Gasteiger partial charge in [0.1, 0.15) is 17.4 Å². The lowest BCUT2D eigenvalue weighted by Gasteiger charge is -2.08. The Morgan fingerprint density at radius 2 is 1.87 bits per heavy atom. The van der Waals surface area contributed by atoms with Crippen LogP contribution in [0.5, 0.6) is 5.75 Å². The monoisotopic (exact) mass is 320 g/mol. The van der Waals surface area contributed by atoms with Crippen LogP contribution in [-0.2, 0) is 11.2 Å². The average Bonchev–Trinajstić information content (AvgIpc) is 2.55. The molecule has 1 amide bonds. The van der Waals surface area contributed by atoms with Gasteiger partial charge in [-0.25, -0.2) is 8.78 Å². The summed E-state index contributed by atoms with van der Waals surface area (Å²) >= 11 is 0. The number of amides is 1. The van der Waals surface area contributed by atoms with Gasteiger partial charge in [-0.3, -0.25) is 4.79 Å². The third kappa shape index (κ3) is 5.34. The highest BCUT2D eigenvalue weighted by atomic mass is 19.1. The first kappa shape index (κ1) is 16.9. The van der Waals surface area contributed by atoms with Crippen LogP contribution in [0.25, 0.3) is 0 Å². The van der Waals surface area contributed by atoms with Crippen LogP contribution in [0, 0.1) is 11.6 Å². The van der Waals surface area contributed by atoms with E-state index >= 15 is 0 Å². The number of halogens is 2. The SMILES string of the molecule is COc1ccc(CCNCC(=O)Nc2ccc(F)cc2F)cc1. The van der Waals surface area contributed by atoms with E-state index in [1.807, 2.05) is 24.3 Å². The average molecular weight is 320 g/mol. The lowest BCUT2D eigenvalue weighted by atomic mass is 10.1. The zero-order chi connectivity index (χ0) is 16.7. The molecule has 0 heterocycles. The highest BCUT2D eigenvalue weighted by Crippen LogP contribution is 2.14. The summed E-state index contributed by atoms with van der Waals surface area (Å²) in [6, 6.07) is 10.7. The Morgan fingerprint density at radius 3 is 2.52 bits per heavy atom. The Balaban J connectivity index is 1.72. The molecule has 0 bridgehead atoms. The van der Waals surface area contributed by atoms with E-state index in [0.717, 1.165) is 29.9 Å². The molecule has 2 aromatic carbocycles. The van der Waals surface area contributed by atoms with Crippen LogP contribution in [0.15, 0.2) is 42.5 Å². The fourth-order valence-electron chi connectivity index (χ4n) is 2.01. The van der Waals surface area contributed by atoms with Crippen LogP contribution in [0.1, 0.15) is 5.56 Å². The largest absolute Gasteiger partial charge is 0.497 e. The van der Waals surface area contributed by atoms with Gasteiger partial charge in [0.25, 0.3) is 0 Å². The Bertz CT molecular complexity index is 660. The molecule has 0 saturated heterocycles. The molecule has 2 N–H and O–H groups in total. The van der Waals surface area contributed by atoms with Gasteiger partial charge in [-0.15, -0.1) is 0 Å². The fourth-order valence-corrected chi connectivity index (χ4v) is 2.01. The molecule has 2 rings (SSSR count). The molecule has 0 aromatic heterocycles. The number of anilines is 1. The zero-order valence-electron chi connectivity index (χ0n) is 12.7. The van der Waals surface area contributed by atoms with E-state index in [9.17, 15) is 13.6 Å². The van der Waals surface area contributed by atoms with Gasteiger partial charge in [0.15, 0.2) is 0 Å². The zero-order valence-corrected chi connectivity index (χ0v) is 12.7. The maximum absolute atomic E-state index is 13.4. The van der Waals surface area contributed by atoms with Crippen LogP contribution in [-0.4, -0.2) is 26.1 Å². The molecule has 2 aromatic rings. The summed E-state index contributed by atoms with van der Waals surface area (Å²) in [5.74, 6) is -1.07. The molecule has 0 aliphatic rings. The maximum Gasteiger partial charge on any atom is 0.238 e. The molecule has 0 unspecified atom stereocenters. The van der Waals surface area contributed by atoms with Crippen molar-refractivity contribution in [2.45, 2.75) is 6.42 Å². The van der Waals surface area contributed by atoms with Crippen LogP contribution < -0.4 is 15.4 Å². The number of carbonyl (C=O) groups excluding carboxylic acids is 1. The van der Waals surface area contributed by atoms with Gasteiger partial charge < -0.3 is 15.4 Å². The number of carbonyl (C=O) groups is 1. The first-order chi connectivity index (χ1) is 11.1. The molecule has 0 saturated carbocycles. The quantitative estimate of drug-likeness (QED) is 0.771. The predicted octanol–water partition coefficient (Wildman–Crippen LogP) is 2.74. The Morgan fingerprint density at radius 1 is 1.13 bits per heavy atom. The molecule has 122 valence electrons. The Hall–Kier alpha value is -2.47. The van der Waals surface area contributed by atoms with Gasteiger partial charge in [-0.05, 0) is 42.8 Å². The highest BCUT2D eigenvalue weighted by Gasteiger charge is 2.07. The maximum atomic E-state index is 13.4. The van der Waals surface area contributed by atoms with E-state index in [0.29, 0.717) is 6.54 Å². The summed E-state index contributed by atoms with van der Waals surface area (Å²) < 4.78 is 31.2. The normalized spacial score (nSPS) is 10.4. The molecule has 0 spiro atoms. The summed E-state index contributed by atoms with van der Waals surface area (Å²) in [6.07, 6.45) is 0.752. The van der Waals surface area contributed by atoms with Crippen molar-refractivity contribution in [3.05, 3.63) is 59.7 Å². The highest BCUT2D eigenvalue weighted by molar-refractivity contribution is 5.92. The minimum Gasteiger partial charge on any atom is -0.497 e. The number of benzene rings is 2. The number of rotatable bonds is 7. The molecular weight excluding hydrogens is 302 g/mol. The molecular formula is C17H18F2N2O2.